The second kappa shape index (κ2) is 6.02. The van der Waals surface area contributed by atoms with Gasteiger partial charge in [-0.2, -0.15) is 0 Å². The minimum absolute atomic E-state index is 0.379. The van der Waals surface area contributed by atoms with Crippen molar-refractivity contribution in [2.75, 3.05) is 6.54 Å². The molecule has 0 spiro atoms. The van der Waals surface area contributed by atoms with Crippen LogP contribution in [0.5, 0.6) is 0 Å². The van der Waals surface area contributed by atoms with Crippen LogP contribution >= 0.6 is 0 Å². The predicted molar refractivity (Wildman–Crippen MR) is 58.0 cm³/mol. The van der Waals surface area contributed by atoms with Gasteiger partial charge in [0.15, 0.2) is 0 Å². The highest BCUT2D eigenvalue weighted by atomic mass is 16.4. The number of aromatic nitrogens is 1. The maximum absolute atomic E-state index is 5.29. The molecule has 6 nitrogen and oxygen atoms in total. The van der Waals surface area contributed by atoms with Crippen molar-refractivity contribution in [3.8, 4) is 0 Å². The fraction of sp³-hybridized carbons (Fsp3) is 0.556. The highest BCUT2D eigenvalue weighted by Crippen LogP contribution is 2.02. The van der Waals surface area contributed by atoms with Crippen molar-refractivity contribution >= 4 is 5.96 Å². The van der Waals surface area contributed by atoms with E-state index in [1.54, 1.807) is 6.20 Å². The van der Waals surface area contributed by atoms with E-state index in [1.807, 2.05) is 6.92 Å². The zero-order valence-electron chi connectivity index (χ0n) is 9.08. The van der Waals surface area contributed by atoms with Crippen molar-refractivity contribution < 1.29 is 4.42 Å². The Balaban J connectivity index is 2.46. The molecule has 1 heterocycles. The quantitative estimate of drug-likeness (QED) is 0.288. The molecule has 0 radical (unpaired) electrons. The summed E-state index contributed by atoms with van der Waals surface area (Å²) in [5.41, 5.74) is 2.48. The van der Waals surface area contributed by atoms with E-state index >= 15 is 0 Å². The van der Waals surface area contributed by atoms with Crippen LogP contribution in [-0.2, 0) is 6.54 Å². The van der Waals surface area contributed by atoms with Crippen LogP contribution in [0.4, 0.5) is 0 Å². The molecule has 0 aliphatic heterocycles. The monoisotopic (exact) mass is 211 g/mol. The lowest BCUT2D eigenvalue weighted by atomic mass is 10.5. The molecule has 0 saturated carbocycles. The Kier molecular flexibility index (Phi) is 4.62. The van der Waals surface area contributed by atoms with Crippen LogP contribution in [-0.4, -0.2) is 17.5 Å². The molecule has 0 aliphatic rings. The molecule has 4 N–H and O–H groups in total. The number of nitrogens with zero attached hydrogens (tertiary/aromatic N) is 2. The largest absolute Gasteiger partial charge is 0.444 e. The maximum Gasteiger partial charge on any atom is 0.216 e. The summed E-state index contributed by atoms with van der Waals surface area (Å²) in [5, 5.41) is 3.04. The third-order valence-electron chi connectivity index (χ3n) is 1.72. The van der Waals surface area contributed by atoms with E-state index in [9.17, 15) is 0 Å². The molecule has 0 atom stereocenters. The van der Waals surface area contributed by atoms with Crippen molar-refractivity contribution in [2.45, 2.75) is 26.8 Å². The average Bonchev–Trinajstić information content (AvgIpc) is 2.65. The van der Waals surface area contributed by atoms with E-state index in [-0.39, 0.29) is 0 Å². The summed E-state index contributed by atoms with van der Waals surface area (Å²) >= 11 is 0. The summed E-state index contributed by atoms with van der Waals surface area (Å²) in [6.45, 7) is 5.12. The van der Waals surface area contributed by atoms with Crippen molar-refractivity contribution in [2.24, 2.45) is 10.8 Å². The van der Waals surface area contributed by atoms with Crippen LogP contribution in [0.25, 0.3) is 0 Å². The number of guanidine groups is 1. The molecule has 0 unspecified atom stereocenters. The smallest absolute Gasteiger partial charge is 0.216 e. The van der Waals surface area contributed by atoms with Crippen LogP contribution < -0.4 is 16.6 Å². The molecule has 1 rings (SSSR count). The number of rotatable bonds is 4. The third kappa shape index (κ3) is 3.99. The van der Waals surface area contributed by atoms with Gasteiger partial charge in [0.25, 0.3) is 0 Å². The molecule has 6 heteroatoms. The molecule has 0 fully saturated rings. The summed E-state index contributed by atoms with van der Waals surface area (Å²) in [5.74, 6) is 7.20. The van der Waals surface area contributed by atoms with Crippen molar-refractivity contribution in [1.82, 2.24) is 15.7 Å². The molecular weight excluding hydrogens is 194 g/mol. The van der Waals surface area contributed by atoms with Gasteiger partial charge in [0, 0.05) is 6.54 Å². The summed E-state index contributed by atoms with van der Waals surface area (Å²) in [4.78, 5) is 8.21. The molecule has 1 aromatic rings. The number of aryl methyl sites for hydroxylation is 1. The average molecular weight is 211 g/mol. The van der Waals surface area contributed by atoms with Gasteiger partial charge in [-0.05, 0) is 13.3 Å². The Bertz CT molecular complexity index is 320. The Morgan fingerprint density at radius 1 is 1.67 bits per heavy atom. The maximum atomic E-state index is 5.29. The Morgan fingerprint density at radius 3 is 3.00 bits per heavy atom. The number of hydrazine groups is 1. The number of nitrogens with one attached hydrogen (secondary N) is 2. The van der Waals surface area contributed by atoms with Gasteiger partial charge in [0.1, 0.15) is 12.3 Å². The molecule has 0 saturated heterocycles. The molecule has 84 valence electrons. The summed E-state index contributed by atoms with van der Waals surface area (Å²) < 4.78 is 5.27. The van der Waals surface area contributed by atoms with Gasteiger partial charge in [-0.3, -0.25) is 5.43 Å². The first-order valence-electron chi connectivity index (χ1n) is 4.92. The topological polar surface area (TPSA) is 88.5 Å². The Hall–Kier alpha value is -1.56. The number of aliphatic imine (C=N–C) groups is 1. The minimum Gasteiger partial charge on any atom is -0.444 e. The molecule has 1 aromatic heterocycles. The summed E-state index contributed by atoms with van der Waals surface area (Å²) in [6.07, 6.45) is 2.68. The van der Waals surface area contributed by atoms with E-state index in [2.05, 4.69) is 27.6 Å². The van der Waals surface area contributed by atoms with E-state index in [0.29, 0.717) is 18.4 Å². The van der Waals surface area contributed by atoms with Crippen molar-refractivity contribution in [3.63, 3.8) is 0 Å². The standard InChI is InChI=1S/C9H17N5O/c1-3-4-11-9(14-10)13-6-8-12-5-7(2)15-8/h5H,3-4,6,10H2,1-2H3,(H2,11,13,14). The number of nitrogens with two attached hydrogens (primary N) is 1. The van der Waals surface area contributed by atoms with Gasteiger partial charge in [0.05, 0.1) is 6.20 Å². The predicted octanol–water partition coefficient (Wildman–Crippen LogP) is 0.302. The lowest BCUT2D eigenvalue weighted by Gasteiger charge is -2.06. The van der Waals surface area contributed by atoms with Crippen molar-refractivity contribution in [3.05, 3.63) is 17.8 Å². The van der Waals surface area contributed by atoms with Crippen LogP contribution in [0.1, 0.15) is 25.0 Å². The van der Waals surface area contributed by atoms with E-state index in [1.165, 1.54) is 0 Å². The van der Waals surface area contributed by atoms with Gasteiger partial charge in [-0.15, -0.1) is 0 Å². The van der Waals surface area contributed by atoms with E-state index in [0.717, 1.165) is 18.7 Å². The van der Waals surface area contributed by atoms with Crippen LogP contribution in [0.15, 0.2) is 15.6 Å². The molecule has 0 bridgehead atoms. The van der Waals surface area contributed by atoms with Gasteiger partial charge in [-0.25, -0.2) is 15.8 Å². The van der Waals surface area contributed by atoms with Crippen LogP contribution in [0.3, 0.4) is 0 Å². The molecule has 0 aromatic carbocycles. The first-order valence-corrected chi connectivity index (χ1v) is 4.92. The number of hydrogen-bond acceptors (Lipinski definition) is 4. The zero-order valence-corrected chi connectivity index (χ0v) is 9.08. The van der Waals surface area contributed by atoms with E-state index < -0.39 is 0 Å². The SMILES string of the molecule is CCCNC(=NCc1ncc(C)o1)NN. The second-order valence-electron chi connectivity index (χ2n) is 3.10. The fourth-order valence-corrected chi connectivity index (χ4v) is 1.02. The lowest BCUT2D eigenvalue weighted by Crippen LogP contribution is -2.41. The third-order valence-corrected chi connectivity index (χ3v) is 1.72. The number of hydrogen-bond donors (Lipinski definition) is 3. The summed E-state index contributed by atoms with van der Waals surface area (Å²) in [6, 6.07) is 0. The Morgan fingerprint density at radius 2 is 2.47 bits per heavy atom. The normalized spacial score (nSPS) is 11.5. The van der Waals surface area contributed by atoms with Gasteiger partial charge < -0.3 is 9.73 Å². The molecule has 15 heavy (non-hydrogen) atoms. The van der Waals surface area contributed by atoms with Crippen LogP contribution in [0, 0.1) is 6.92 Å². The lowest BCUT2D eigenvalue weighted by molar-refractivity contribution is 0.473. The van der Waals surface area contributed by atoms with Gasteiger partial charge in [0.2, 0.25) is 11.9 Å². The van der Waals surface area contributed by atoms with Crippen molar-refractivity contribution in [1.29, 1.82) is 0 Å². The Labute approximate surface area is 88.9 Å². The number of oxazole rings is 1. The fourth-order valence-electron chi connectivity index (χ4n) is 1.02. The van der Waals surface area contributed by atoms with E-state index in [4.69, 9.17) is 10.3 Å². The van der Waals surface area contributed by atoms with Gasteiger partial charge >= 0.3 is 0 Å². The summed E-state index contributed by atoms with van der Waals surface area (Å²) in [7, 11) is 0. The highest BCUT2D eigenvalue weighted by molar-refractivity contribution is 5.78. The molecule has 0 amide bonds. The van der Waals surface area contributed by atoms with Crippen LogP contribution in [0.2, 0.25) is 0 Å². The zero-order chi connectivity index (χ0) is 11.1. The first-order chi connectivity index (χ1) is 7.26. The first kappa shape index (κ1) is 11.5. The highest BCUT2D eigenvalue weighted by Gasteiger charge is 2.00. The van der Waals surface area contributed by atoms with Gasteiger partial charge in [-0.1, -0.05) is 6.92 Å². The molecule has 0 aliphatic carbocycles. The minimum atomic E-state index is 0.379. The second-order valence-corrected chi connectivity index (χ2v) is 3.10. The molecular formula is C9H17N5O.